The summed E-state index contributed by atoms with van der Waals surface area (Å²) in [5.74, 6) is 0. The summed E-state index contributed by atoms with van der Waals surface area (Å²) in [6.07, 6.45) is 21.2. The van der Waals surface area contributed by atoms with Crippen molar-refractivity contribution in [2.45, 2.75) is 57.8 Å². The molecule has 0 saturated carbocycles. The van der Waals surface area contributed by atoms with Crippen LogP contribution in [-0.2, 0) is 49.6 Å². The number of allylic oxidation sites excluding steroid dienone is 4. The number of hydrogen-bond donors (Lipinski definition) is 0. The van der Waals surface area contributed by atoms with E-state index >= 15 is 0 Å². The van der Waals surface area contributed by atoms with E-state index in [1.807, 2.05) is 12.2 Å². The average Bonchev–Trinajstić information content (AvgIpc) is 3.57. The largest absolute Gasteiger partial charge is 0.192 e. The van der Waals surface area contributed by atoms with Crippen molar-refractivity contribution in [1.82, 2.24) is 0 Å². The number of hydrogen-bond acceptors (Lipinski definition) is 0. The molecule has 0 heterocycles. The molecule has 6 rings (SSSR count). The molecule has 34 heavy (non-hydrogen) atoms. The third-order valence-electron chi connectivity index (χ3n) is 6.44. The van der Waals surface area contributed by atoms with Crippen LogP contribution in [0.15, 0.2) is 85.0 Å². The third kappa shape index (κ3) is 8.08. The van der Waals surface area contributed by atoms with Crippen LogP contribution in [0.1, 0.15) is 65.5 Å². The topological polar surface area (TPSA) is 0 Å². The van der Waals surface area contributed by atoms with Gasteiger partial charge in [-0.25, -0.2) is 12.2 Å². The van der Waals surface area contributed by atoms with Crippen LogP contribution < -0.4 is 0 Å². The molecular formula is C31H34Cl2Hf. The average molecular weight is 656 g/mol. The smallest absolute Gasteiger partial charge is 0.0512 e. The van der Waals surface area contributed by atoms with Gasteiger partial charge in [-0.15, -0.1) is 31.2 Å². The first-order valence-electron chi connectivity index (χ1n) is 12.0. The number of benzene rings is 2. The zero-order valence-electron chi connectivity index (χ0n) is 19.8. The van der Waals surface area contributed by atoms with E-state index < -0.39 is 0 Å². The Morgan fingerprint density at radius 3 is 1.53 bits per heavy atom. The summed E-state index contributed by atoms with van der Waals surface area (Å²) in [4.78, 5) is 0. The first-order chi connectivity index (χ1) is 15.8. The molecule has 176 valence electrons. The quantitative estimate of drug-likeness (QED) is 0.193. The summed E-state index contributed by atoms with van der Waals surface area (Å²) < 4.78 is 1.46. The van der Waals surface area contributed by atoms with Gasteiger partial charge < -0.3 is 0 Å². The van der Waals surface area contributed by atoms with E-state index in [1.54, 1.807) is 22.3 Å². The van der Waals surface area contributed by atoms with Crippen LogP contribution in [0.5, 0.6) is 0 Å². The van der Waals surface area contributed by atoms with Gasteiger partial charge in [0, 0.05) is 0 Å². The van der Waals surface area contributed by atoms with Gasteiger partial charge in [0.05, 0.1) is 0 Å². The van der Waals surface area contributed by atoms with Crippen LogP contribution in [0.2, 0.25) is 0 Å². The minimum Gasteiger partial charge on any atom is -0.192 e. The summed E-state index contributed by atoms with van der Waals surface area (Å²) in [5, 5.41) is 0. The molecule has 3 aliphatic rings. The second-order valence-corrected chi connectivity index (χ2v) is 10.5. The van der Waals surface area contributed by atoms with E-state index in [4.69, 9.17) is 0 Å². The maximum atomic E-state index is 2.99. The summed E-state index contributed by atoms with van der Waals surface area (Å²) in [5.41, 5.74) is 9.65. The molecular weight excluding hydrogens is 622 g/mol. The fourth-order valence-electron chi connectivity index (χ4n) is 4.79. The Balaban J connectivity index is 0.000000191. The molecule has 0 unspecified atom stereocenters. The summed E-state index contributed by atoms with van der Waals surface area (Å²) >= 11 is 1.08. The fourth-order valence-corrected chi connectivity index (χ4v) is 5.99. The second-order valence-electron chi connectivity index (χ2n) is 8.68. The summed E-state index contributed by atoms with van der Waals surface area (Å²) in [6.45, 7) is 0. The Morgan fingerprint density at radius 2 is 1.15 bits per heavy atom. The predicted molar refractivity (Wildman–Crippen MR) is 147 cm³/mol. The van der Waals surface area contributed by atoms with Gasteiger partial charge >= 0.3 is 98.9 Å². The maximum absolute atomic E-state index is 2.99. The molecule has 0 bridgehead atoms. The van der Waals surface area contributed by atoms with Gasteiger partial charge in [-0.3, -0.25) is 6.08 Å². The molecule has 0 aliphatic heterocycles. The molecule has 0 radical (unpaired) electrons. The van der Waals surface area contributed by atoms with Crippen LogP contribution in [0.3, 0.4) is 0 Å². The number of aryl methyl sites for hydroxylation is 2. The van der Waals surface area contributed by atoms with E-state index in [1.165, 1.54) is 65.7 Å². The van der Waals surface area contributed by atoms with E-state index in [0.717, 1.165) is 30.3 Å². The first-order valence-corrected chi connectivity index (χ1v) is 13.8. The standard InChI is InChI=1S/C13H17.C13H10.C5H5.2ClH.Hf/c1-3-7-12-10(5-1)9-11-6-2-4-8-13(11)12;1-3-7-12(8-4-1)11-13-9-5-2-6-10-13;1-2-4-5-3-1;;;/h9H,1-8H2;1-10H;1-3H,4H2;2*1H;/q-1;;-1;;;+2. The Kier molecular flexibility index (Phi) is 13.2. The van der Waals surface area contributed by atoms with Crippen molar-refractivity contribution in [3.05, 3.63) is 124 Å². The van der Waals surface area contributed by atoms with Crippen molar-refractivity contribution in [2.24, 2.45) is 0 Å². The van der Waals surface area contributed by atoms with Gasteiger partial charge in [0.2, 0.25) is 0 Å². The number of fused-ring (bicyclic) bond motifs is 3. The number of halogens is 2. The molecule has 3 aromatic carbocycles. The number of rotatable bonds is 2. The van der Waals surface area contributed by atoms with Crippen molar-refractivity contribution >= 4 is 28.1 Å². The zero-order chi connectivity index (χ0) is 22.0. The molecule has 0 spiro atoms. The molecule has 0 aromatic heterocycles. The second kappa shape index (κ2) is 15.6. The minimum absolute atomic E-state index is 0. The first kappa shape index (κ1) is 28.8. The van der Waals surface area contributed by atoms with Gasteiger partial charge in [-0.1, -0.05) is 51.4 Å². The Hall–Kier alpha value is -1.41. The van der Waals surface area contributed by atoms with Gasteiger partial charge in [0.1, 0.15) is 0 Å². The molecule has 3 aliphatic carbocycles. The monoisotopic (exact) mass is 656 g/mol. The van der Waals surface area contributed by atoms with Crippen LogP contribution in [0, 0.1) is 6.08 Å². The van der Waals surface area contributed by atoms with Gasteiger partial charge in [0.15, 0.2) is 0 Å². The molecule has 0 nitrogen and oxygen atoms in total. The molecule has 3 heteroatoms. The maximum Gasteiger partial charge on any atom is -0.0512 e. The Morgan fingerprint density at radius 1 is 0.676 bits per heavy atom. The normalized spacial score (nSPS) is 14.6. The van der Waals surface area contributed by atoms with Crippen LogP contribution >= 0.6 is 24.8 Å². The third-order valence-corrected chi connectivity index (χ3v) is 8.52. The van der Waals surface area contributed by atoms with Gasteiger partial charge in [0.25, 0.3) is 0 Å². The van der Waals surface area contributed by atoms with E-state index in [-0.39, 0.29) is 24.8 Å². The van der Waals surface area contributed by atoms with Crippen molar-refractivity contribution in [3.8, 4) is 0 Å². The molecule has 0 amide bonds. The van der Waals surface area contributed by atoms with Gasteiger partial charge in [-0.05, 0) is 0 Å². The SMILES string of the molecule is Cl.Cl.[C-]1=CC=CC1.[Hf+2]=[C](c1ccccc1)c1ccccc1.[cH-]1c2c(c3c1CCCC3)CCCC2. The van der Waals surface area contributed by atoms with Crippen LogP contribution in [0.25, 0.3) is 0 Å². The Labute approximate surface area is 232 Å². The molecule has 0 saturated heterocycles. The zero-order valence-corrected chi connectivity index (χ0v) is 25.0. The van der Waals surface area contributed by atoms with Crippen LogP contribution in [-0.4, -0.2) is 3.26 Å². The molecule has 0 N–H and O–H groups in total. The van der Waals surface area contributed by atoms with Crippen molar-refractivity contribution in [3.63, 3.8) is 0 Å². The predicted octanol–water partition coefficient (Wildman–Crippen LogP) is 8.11. The molecule has 3 aromatic rings. The summed E-state index contributed by atoms with van der Waals surface area (Å²) in [7, 11) is 0. The van der Waals surface area contributed by atoms with Gasteiger partial charge in [-0.2, -0.15) is 34.4 Å². The molecule has 0 fully saturated rings. The van der Waals surface area contributed by atoms with Crippen molar-refractivity contribution in [1.29, 1.82) is 0 Å². The van der Waals surface area contributed by atoms with E-state index in [9.17, 15) is 0 Å². The van der Waals surface area contributed by atoms with E-state index in [2.05, 4.69) is 78.9 Å². The summed E-state index contributed by atoms with van der Waals surface area (Å²) in [6, 6.07) is 23.7. The van der Waals surface area contributed by atoms with Crippen molar-refractivity contribution in [2.75, 3.05) is 0 Å². The Bertz CT molecular complexity index is 980. The minimum atomic E-state index is 0. The van der Waals surface area contributed by atoms with E-state index in [0.29, 0.717) is 0 Å². The van der Waals surface area contributed by atoms with Crippen molar-refractivity contribution < 1.29 is 23.9 Å². The fraction of sp³-hybridized carbons (Fsp3) is 0.290. The van der Waals surface area contributed by atoms with Crippen LogP contribution in [0.4, 0.5) is 0 Å². The molecule has 0 atom stereocenters.